The summed E-state index contributed by atoms with van der Waals surface area (Å²) in [6.07, 6.45) is 18.1. The van der Waals surface area contributed by atoms with Crippen LogP contribution in [0.2, 0.25) is 0 Å². The lowest BCUT2D eigenvalue weighted by atomic mass is 9.60. The largest absolute Gasteiger partial charge is 0.393 e. The Labute approximate surface area is 192 Å². The van der Waals surface area contributed by atoms with E-state index in [2.05, 4.69) is 53.7 Å². The zero-order chi connectivity index (χ0) is 22.6. The fourth-order valence-electron chi connectivity index (χ4n) is 7.37. The minimum Gasteiger partial charge on any atom is -0.393 e. The molecule has 0 saturated heterocycles. The van der Waals surface area contributed by atoms with E-state index >= 15 is 0 Å². The minimum atomic E-state index is -0.211. The van der Waals surface area contributed by atoms with Gasteiger partial charge in [0, 0.05) is 6.61 Å². The summed E-state index contributed by atoms with van der Waals surface area (Å²) >= 11 is 0. The maximum absolute atomic E-state index is 10.3. The van der Waals surface area contributed by atoms with Gasteiger partial charge in [0.25, 0.3) is 0 Å². The highest BCUT2D eigenvalue weighted by Crippen LogP contribution is 2.60. The first kappa shape index (κ1) is 25.0. The molecule has 6 atom stereocenters. The average Bonchev–Trinajstić information content (AvgIpc) is 3.06. The molecule has 1 N–H and O–H groups in total. The van der Waals surface area contributed by atoms with Crippen LogP contribution in [0.3, 0.4) is 0 Å². The van der Waals surface area contributed by atoms with Crippen LogP contribution in [-0.2, 0) is 4.74 Å². The average molecular weight is 431 g/mol. The van der Waals surface area contributed by atoms with Gasteiger partial charge in [0.15, 0.2) is 0 Å². The van der Waals surface area contributed by atoms with E-state index in [1.807, 2.05) is 0 Å². The predicted octanol–water partition coefficient (Wildman–Crippen LogP) is 7.86. The fourth-order valence-corrected chi connectivity index (χ4v) is 7.37. The fraction of sp³-hybridized carbons (Fsp3) is 0.862. The summed E-state index contributed by atoms with van der Waals surface area (Å²) in [4.78, 5) is 0. The van der Waals surface area contributed by atoms with Crippen LogP contribution in [0.25, 0.3) is 0 Å². The standard InChI is InChI=1S/C29H50O2/c1-7-31-29(6)19-17-25(30)20-24(29)14-13-23-12-9-18-28(5)26(15-16-27(23)28)22(4)11-8-10-21(2)3/h13-14,21-22,25-27,30H,7-12,15-20H2,1-6H3/b23-13+,24-14+/t22-,25+,26-,27+,28-,29-/m1/s1. The number of allylic oxidation sites excluding steroid dienone is 3. The Kier molecular flexibility index (Phi) is 8.52. The van der Waals surface area contributed by atoms with Gasteiger partial charge in [-0.05, 0) is 99.9 Å². The van der Waals surface area contributed by atoms with Crippen LogP contribution in [0, 0.1) is 29.1 Å². The summed E-state index contributed by atoms with van der Waals surface area (Å²) in [5.74, 6) is 3.31. The number of hydrogen-bond donors (Lipinski definition) is 1. The Bertz CT molecular complexity index is 647. The molecular weight excluding hydrogens is 380 g/mol. The Morgan fingerprint density at radius 3 is 2.55 bits per heavy atom. The molecule has 3 saturated carbocycles. The molecule has 0 heterocycles. The van der Waals surface area contributed by atoms with Crippen molar-refractivity contribution in [3.8, 4) is 0 Å². The SMILES string of the molecule is CCO[C@]1(C)CC[C@H](O)C/C1=C\C=C1/CCC[C@]2(C)[C@@H]([C@H](C)CCCC(C)C)CC[C@@H]12. The van der Waals surface area contributed by atoms with E-state index in [0.29, 0.717) is 5.41 Å². The summed E-state index contributed by atoms with van der Waals surface area (Å²) in [5.41, 5.74) is 3.25. The Morgan fingerprint density at radius 2 is 1.84 bits per heavy atom. The summed E-state index contributed by atoms with van der Waals surface area (Å²) < 4.78 is 6.17. The lowest BCUT2D eigenvalue weighted by Gasteiger charge is -2.44. The molecule has 0 unspecified atom stereocenters. The number of hydrogen-bond acceptors (Lipinski definition) is 2. The highest BCUT2D eigenvalue weighted by atomic mass is 16.5. The van der Waals surface area contributed by atoms with Gasteiger partial charge in [-0.1, -0.05) is 64.7 Å². The summed E-state index contributed by atoms with van der Waals surface area (Å²) in [6.45, 7) is 14.9. The predicted molar refractivity (Wildman–Crippen MR) is 132 cm³/mol. The van der Waals surface area contributed by atoms with E-state index in [9.17, 15) is 5.11 Å². The van der Waals surface area contributed by atoms with E-state index < -0.39 is 0 Å². The number of ether oxygens (including phenoxy) is 1. The maximum Gasteiger partial charge on any atom is 0.0868 e. The maximum atomic E-state index is 10.3. The second-order valence-corrected chi connectivity index (χ2v) is 11.9. The molecule has 0 aliphatic heterocycles. The first-order valence-corrected chi connectivity index (χ1v) is 13.4. The van der Waals surface area contributed by atoms with Crippen LogP contribution >= 0.6 is 0 Å². The number of aliphatic hydroxyl groups excluding tert-OH is 1. The van der Waals surface area contributed by atoms with Crippen molar-refractivity contribution in [2.75, 3.05) is 6.61 Å². The quantitative estimate of drug-likeness (QED) is 0.424. The minimum absolute atomic E-state index is 0.202. The number of rotatable bonds is 8. The second-order valence-electron chi connectivity index (χ2n) is 11.9. The van der Waals surface area contributed by atoms with E-state index in [1.54, 1.807) is 5.57 Å². The summed E-state index contributed by atoms with van der Waals surface area (Å²) in [6, 6.07) is 0. The molecule has 0 aromatic rings. The van der Waals surface area contributed by atoms with Crippen molar-refractivity contribution in [1.29, 1.82) is 0 Å². The van der Waals surface area contributed by atoms with Crippen LogP contribution in [0.15, 0.2) is 23.3 Å². The van der Waals surface area contributed by atoms with E-state index in [0.717, 1.165) is 49.5 Å². The molecule has 3 aliphatic rings. The third kappa shape index (κ3) is 5.67. The first-order valence-electron chi connectivity index (χ1n) is 13.4. The molecule has 2 heteroatoms. The van der Waals surface area contributed by atoms with Crippen molar-refractivity contribution in [2.24, 2.45) is 29.1 Å². The first-order chi connectivity index (χ1) is 14.7. The van der Waals surface area contributed by atoms with Gasteiger partial charge in [0.05, 0.1) is 11.7 Å². The van der Waals surface area contributed by atoms with Crippen LogP contribution < -0.4 is 0 Å². The molecule has 3 fully saturated rings. The summed E-state index contributed by atoms with van der Waals surface area (Å²) in [5, 5.41) is 10.3. The van der Waals surface area contributed by atoms with Gasteiger partial charge in [0.2, 0.25) is 0 Å². The second kappa shape index (κ2) is 10.6. The van der Waals surface area contributed by atoms with Gasteiger partial charge in [-0.3, -0.25) is 0 Å². The molecule has 31 heavy (non-hydrogen) atoms. The highest BCUT2D eigenvalue weighted by molar-refractivity contribution is 5.30. The molecule has 0 spiro atoms. The Balaban J connectivity index is 1.75. The highest BCUT2D eigenvalue weighted by Gasteiger charge is 2.50. The monoisotopic (exact) mass is 430 g/mol. The molecule has 0 bridgehead atoms. The van der Waals surface area contributed by atoms with Crippen molar-refractivity contribution in [1.82, 2.24) is 0 Å². The smallest absolute Gasteiger partial charge is 0.0868 e. The van der Waals surface area contributed by atoms with Crippen molar-refractivity contribution in [2.45, 2.75) is 124 Å². The molecule has 3 rings (SSSR count). The van der Waals surface area contributed by atoms with E-state index in [1.165, 1.54) is 56.9 Å². The lowest BCUT2D eigenvalue weighted by molar-refractivity contribution is -0.0331. The van der Waals surface area contributed by atoms with E-state index in [4.69, 9.17) is 4.74 Å². The summed E-state index contributed by atoms with van der Waals surface area (Å²) in [7, 11) is 0. The van der Waals surface area contributed by atoms with Crippen LogP contribution in [0.4, 0.5) is 0 Å². The van der Waals surface area contributed by atoms with Crippen LogP contribution in [-0.4, -0.2) is 23.4 Å². The topological polar surface area (TPSA) is 29.5 Å². The van der Waals surface area contributed by atoms with Crippen LogP contribution in [0.1, 0.15) is 112 Å². The van der Waals surface area contributed by atoms with Crippen molar-refractivity contribution in [3.63, 3.8) is 0 Å². The molecule has 0 radical (unpaired) electrons. The number of aliphatic hydroxyl groups is 1. The van der Waals surface area contributed by atoms with Gasteiger partial charge in [-0.25, -0.2) is 0 Å². The normalized spacial score (nSPS) is 39.9. The van der Waals surface area contributed by atoms with Gasteiger partial charge in [0.1, 0.15) is 0 Å². The van der Waals surface area contributed by atoms with Gasteiger partial charge in [-0.15, -0.1) is 0 Å². The molecular formula is C29H50O2. The lowest BCUT2D eigenvalue weighted by Crippen LogP contribution is -2.38. The van der Waals surface area contributed by atoms with Crippen LogP contribution in [0.5, 0.6) is 0 Å². The van der Waals surface area contributed by atoms with Crippen molar-refractivity contribution >= 4 is 0 Å². The molecule has 0 amide bonds. The third-order valence-electron chi connectivity index (χ3n) is 9.22. The zero-order valence-electron chi connectivity index (χ0n) is 21.4. The van der Waals surface area contributed by atoms with E-state index in [-0.39, 0.29) is 11.7 Å². The molecule has 0 aromatic heterocycles. The van der Waals surface area contributed by atoms with Crippen molar-refractivity contribution < 1.29 is 9.84 Å². The van der Waals surface area contributed by atoms with Gasteiger partial charge in [-0.2, -0.15) is 0 Å². The number of fused-ring (bicyclic) bond motifs is 1. The van der Waals surface area contributed by atoms with Crippen molar-refractivity contribution in [3.05, 3.63) is 23.3 Å². The molecule has 3 aliphatic carbocycles. The Morgan fingerprint density at radius 1 is 1.06 bits per heavy atom. The zero-order valence-corrected chi connectivity index (χ0v) is 21.4. The molecule has 2 nitrogen and oxygen atoms in total. The third-order valence-corrected chi connectivity index (χ3v) is 9.22. The molecule has 178 valence electrons. The molecule has 0 aromatic carbocycles. The Hall–Kier alpha value is -0.600. The van der Waals surface area contributed by atoms with Gasteiger partial charge >= 0.3 is 0 Å². The van der Waals surface area contributed by atoms with Gasteiger partial charge < -0.3 is 9.84 Å².